The minimum absolute atomic E-state index is 0.0284. The highest BCUT2D eigenvalue weighted by atomic mass is 31.2. The molecular weight excluding hydrogens is 701 g/mol. The molecule has 0 bridgehead atoms. The fourth-order valence-corrected chi connectivity index (χ4v) is 6.97. The van der Waals surface area contributed by atoms with Crippen molar-refractivity contribution in [3.8, 4) is 0 Å². The first-order chi connectivity index (χ1) is 26.0. The molecule has 0 amide bonds. The molecule has 0 heterocycles. The van der Waals surface area contributed by atoms with Crippen LogP contribution in [-0.4, -0.2) is 70.0 Å². The number of ether oxygens (including phenoxy) is 2. The van der Waals surface area contributed by atoms with Gasteiger partial charge in [-0.3, -0.25) is 14.2 Å². The van der Waals surface area contributed by atoms with Crippen LogP contribution in [0.15, 0.2) is 12.2 Å². The van der Waals surface area contributed by atoms with Gasteiger partial charge in [-0.15, -0.1) is 0 Å². The summed E-state index contributed by atoms with van der Waals surface area (Å²) in [5.41, 5.74) is 0. The number of hydrogen-bond acceptors (Lipinski definition) is 8. The van der Waals surface area contributed by atoms with Crippen LogP contribution >= 0.6 is 7.82 Å². The maximum atomic E-state index is 12.6. The Labute approximate surface area is 333 Å². The van der Waals surface area contributed by atoms with Gasteiger partial charge in [-0.25, -0.2) is 0 Å². The SMILES string of the molecule is CCCCCCCCCC/C=C\CCCCCCCCCC(=O)OC[C@H](COP(=O)([O-])OCC[N+](C)(C)C)OC(=O)CCCCCCCCCCCCC. The quantitative estimate of drug-likeness (QED) is 0.0198. The maximum Gasteiger partial charge on any atom is 0.306 e. The van der Waals surface area contributed by atoms with Crippen LogP contribution in [0, 0.1) is 0 Å². The number of nitrogens with zero attached hydrogens (tertiary/aromatic N) is 1. The van der Waals surface area contributed by atoms with Gasteiger partial charge in [0.05, 0.1) is 27.7 Å². The zero-order valence-electron chi connectivity index (χ0n) is 35.9. The number of allylic oxidation sites excluding steroid dienone is 2. The Morgan fingerprint density at radius 3 is 1.37 bits per heavy atom. The Balaban J connectivity index is 4.27. The number of esters is 2. The van der Waals surface area contributed by atoms with Crippen LogP contribution in [0.4, 0.5) is 0 Å². The van der Waals surface area contributed by atoms with Gasteiger partial charge in [0.15, 0.2) is 6.10 Å². The topological polar surface area (TPSA) is 111 Å². The summed E-state index contributed by atoms with van der Waals surface area (Å²) >= 11 is 0. The monoisotopic (exact) mass is 788 g/mol. The summed E-state index contributed by atoms with van der Waals surface area (Å²) in [4.78, 5) is 37.5. The van der Waals surface area contributed by atoms with Gasteiger partial charge in [-0.1, -0.05) is 167 Å². The fourth-order valence-electron chi connectivity index (χ4n) is 6.24. The summed E-state index contributed by atoms with van der Waals surface area (Å²) in [5, 5.41) is 0. The third kappa shape index (κ3) is 40.4. The van der Waals surface area contributed by atoms with Crippen LogP contribution in [0.2, 0.25) is 0 Å². The molecule has 9 nitrogen and oxygen atoms in total. The number of carbonyl (C=O) groups is 2. The molecule has 0 N–H and O–H groups in total. The molecule has 0 aromatic carbocycles. The normalized spacial score (nSPS) is 13.7. The smallest absolute Gasteiger partial charge is 0.306 e. The van der Waals surface area contributed by atoms with Crippen LogP contribution in [0.25, 0.3) is 0 Å². The van der Waals surface area contributed by atoms with Gasteiger partial charge in [-0.2, -0.15) is 0 Å². The zero-order chi connectivity index (χ0) is 40.0. The van der Waals surface area contributed by atoms with Gasteiger partial charge < -0.3 is 27.9 Å². The Morgan fingerprint density at radius 1 is 0.556 bits per heavy atom. The predicted molar refractivity (Wildman–Crippen MR) is 222 cm³/mol. The summed E-state index contributed by atoms with van der Waals surface area (Å²) in [7, 11) is 1.17. The predicted octanol–water partition coefficient (Wildman–Crippen LogP) is 11.9. The summed E-state index contributed by atoms with van der Waals surface area (Å²) in [5.74, 6) is -0.832. The summed E-state index contributed by atoms with van der Waals surface area (Å²) in [6.07, 6.45) is 38.1. The van der Waals surface area contributed by atoms with Gasteiger partial charge in [0.25, 0.3) is 7.82 Å². The Hall–Kier alpha value is -1.25. The average Bonchev–Trinajstić information content (AvgIpc) is 3.12. The standard InChI is InChI=1S/C44H86NO8P/c1-6-8-10-12-14-16-18-19-20-21-22-23-24-25-27-28-30-32-34-36-43(46)50-40-42(41-52-54(48,49)51-39-38-45(3,4)5)53-44(47)37-35-33-31-29-26-17-15-13-11-9-7-2/h21-22,42H,6-20,23-41H2,1-5H3/b22-21-/t42-/m1/s1. The number of phosphoric acid groups is 1. The van der Waals surface area contributed by atoms with E-state index in [-0.39, 0.29) is 32.0 Å². The molecular formula is C44H86NO8P. The van der Waals surface area contributed by atoms with Gasteiger partial charge in [0.1, 0.15) is 19.8 Å². The van der Waals surface area contributed by atoms with Crippen molar-refractivity contribution in [2.24, 2.45) is 0 Å². The van der Waals surface area contributed by atoms with Crippen molar-refractivity contribution in [3.05, 3.63) is 12.2 Å². The summed E-state index contributed by atoms with van der Waals surface area (Å²) < 4.78 is 33.9. The second-order valence-corrected chi connectivity index (χ2v) is 17.8. The van der Waals surface area contributed by atoms with E-state index in [1.807, 2.05) is 21.1 Å². The van der Waals surface area contributed by atoms with E-state index >= 15 is 0 Å². The fraction of sp³-hybridized carbons (Fsp3) is 0.909. The van der Waals surface area contributed by atoms with E-state index in [2.05, 4.69) is 26.0 Å². The van der Waals surface area contributed by atoms with Gasteiger partial charge in [-0.05, 0) is 38.5 Å². The van der Waals surface area contributed by atoms with Crippen molar-refractivity contribution in [3.63, 3.8) is 0 Å². The number of hydrogen-bond donors (Lipinski definition) is 0. The lowest BCUT2D eigenvalue weighted by Gasteiger charge is -2.28. The minimum Gasteiger partial charge on any atom is -0.756 e. The first-order valence-electron chi connectivity index (χ1n) is 22.4. The third-order valence-electron chi connectivity index (χ3n) is 9.79. The molecule has 320 valence electrons. The average molecular weight is 788 g/mol. The van der Waals surface area contributed by atoms with E-state index in [1.54, 1.807) is 0 Å². The Morgan fingerprint density at radius 2 is 0.944 bits per heavy atom. The molecule has 1 unspecified atom stereocenters. The molecule has 0 radical (unpaired) electrons. The van der Waals surface area contributed by atoms with Crippen LogP contribution < -0.4 is 4.89 Å². The molecule has 2 atom stereocenters. The van der Waals surface area contributed by atoms with Gasteiger partial charge in [0, 0.05) is 12.8 Å². The molecule has 0 aromatic rings. The summed E-state index contributed by atoms with van der Waals surface area (Å²) in [6.45, 7) is 4.23. The van der Waals surface area contributed by atoms with Crippen molar-refractivity contribution < 1.29 is 42.1 Å². The van der Waals surface area contributed by atoms with Crippen molar-refractivity contribution in [1.82, 2.24) is 0 Å². The Bertz CT molecular complexity index is 938. The molecule has 0 aromatic heterocycles. The van der Waals surface area contributed by atoms with Crippen molar-refractivity contribution in [1.29, 1.82) is 0 Å². The molecule has 0 aliphatic heterocycles. The van der Waals surface area contributed by atoms with Gasteiger partial charge >= 0.3 is 11.9 Å². The van der Waals surface area contributed by atoms with Gasteiger partial charge in [0.2, 0.25) is 0 Å². The van der Waals surface area contributed by atoms with E-state index in [9.17, 15) is 19.0 Å². The molecule has 54 heavy (non-hydrogen) atoms. The minimum atomic E-state index is -4.62. The molecule has 0 spiro atoms. The lowest BCUT2D eigenvalue weighted by atomic mass is 10.1. The third-order valence-corrected chi connectivity index (χ3v) is 10.7. The molecule has 0 fully saturated rings. The Kier molecular flexibility index (Phi) is 36.5. The lowest BCUT2D eigenvalue weighted by molar-refractivity contribution is -0.870. The zero-order valence-corrected chi connectivity index (χ0v) is 36.8. The summed E-state index contributed by atoms with van der Waals surface area (Å²) in [6, 6.07) is 0. The number of unbranched alkanes of at least 4 members (excludes halogenated alkanes) is 25. The number of rotatable bonds is 41. The van der Waals surface area contributed by atoms with Crippen LogP contribution in [-0.2, 0) is 32.7 Å². The highest BCUT2D eigenvalue weighted by molar-refractivity contribution is 7.45. The number of likely N-dealkylation sites (N-methyl/N-ethyl adjacent to an activating group) is 1. The number of carbonyl (C=O) groups excluding carboxylic acids is 2. The van der Waals surface area contributed by atoms with Crippen LogP contribution in [0.5, 0.6) is 0 Å². The van der Waals surface area contributed by atoms with Crippen LogP contribution in [0.1, 0.15) is 206 Å². The van der Waals surface area contributed by atoms with Crippen molar-refractivity contribution >= 4 is 19.8 Å². The molecule has 0 aliphatic carbocycles. The molecule has 10 heteroatoms. The highest BCUT2D eigenvalue weighted by Gasteiger charge is 2.21. The first kappa shape index (κ1) is 52.8. The molecule has 0 rings (SSSR count). The van der Waals surface area contributed by atoms with E-state index in [0.29, 0.717) is 17.4 Å². The first-order valence-corrected chi connectivity index (χ1v) is 23.9. The number of phosphoric ester groups is 1. The van der Waals surface area contributed by atoms with Crippen molar-refractivity contribution in [2.75, 3.05) is 47.5 Å². The molecule has 0 aliphatic rings. The largest absolute Gasteiger partial charge is 0.756 e. The second kappa shape index (κ2) is 37.3. The van der Waals surface area contributed by atoms with E-state index in [0.717, 1.165) is 38.5 Å². The van der Waals surface area contributed by atoms with E-state index < -0.39 is 26.5 Å². The molecule has 0 saturated heterocycles. The number of quaternary nitrogens is 1. The lowest BCUT2D eigenvalue weighted by Crippen LogP contribution is -2.37. The molecule has 0 saturated carbocycles. The van der Waals surface area contributed by atoms with E-state index in [1.165, 1.54) is 135 Å². The van der Waals surface area contributed by atoms with E-state index in [4.69, 9.17) is 18.5 Å². The maximum absolute atomic E-state index is 12.6. The van der Waals surface area contributed by atoms with Crippen LogP contribution in [0.3, 0.4) is 0 Å². The second-order valence-electron chi connectivity index (χ2n) is 16.4. The highest BCUT2D eigenvalue weighted by Crippen LogP contribution is 2.38. The van der Waals surface area contributed by atoms with Crippen molar-refractivity contribution in [2.45, 2.75) is 213 Å².